The van der Waals surface area contributed by atoms with Crippen LogP contribution in [0.15, 0.2) is 42.5 Å². The normalized spacial score (nSPS) is 21.9. The maximum absolute atomic E-state index is 5.50. The predicted molar refractivity (Wildman–Crippen MR) is 68.1 cm³/mol. The van der Waals surface area contributed by atoms with E-state index in [-0.39, 0.29) is 0 Å². The lowest BCUT2D eigenvalue weighted by atomic mass is 10.1. The van der Waals surface area contributed by atoms with Crippen LogP contribution in [0.25, 0.3) is 0 Å². The van der Waals surface area contributed by atoms with Crippen LogP contribution in [0.2, 0.25) is 0 Å². The van der Waals surface area contributed by atoms with Crippen LogP contribution in [0.3, 0.4) is 0 Å². The maximum Gasteiger partial charge on any atom is 0.0282 e. The summed E-state index contributed by atoms with van der Waals surface area (Å²) in [6.07, 6.45) is 6.90. The molecule has 0 saturated carbocycles. The summed E-state index contributed by atoms with van der Waals surface area (Å²) in [5.74, 6) is 0. The fourth-order valence-electron chi connectivity index (χ4n) is 2.32. The van der Waals surface area contributed by atoms with Crippen molar-refractivity contribution in [1.29, 1.82) is 0 Å². The zero-order valence-corrected chi connectivity index (χ0v) is 9.68. The highest BCUT2D eigenvalue weighted by molar-refractivity contribution is 5.15. The second-order valence-electron chi connectivity index (χ2n) is 4.33. The van der Waals surface area contributed by atoms with Crippen molar-refractivity contribution in [3.63, 3.8) is 0 Å². The van der Waals surface area contributed by atoms with E-state index in [0.717, 1.165) is 6.54 Å². The molecular formula is C14H20N2. The van der Waals surface area contributed by atoms with E-state index in [1.807, 2.05) is 0 Å². The molecule has 2 N–H and O–H groups in total. The first-order valence-electron chi connectivity index (χ1n) is 6.05. The van der Waals surface area contributed by atoms with Crippen LogP contribution in [0.5, 0.6) is 0 Å². The quantitative estimate of drug-likeness (QED) is 0.782. The van der Waals surface area contributed by atoms with Crippen molar-refractivity contribution in [2.75, 3.05) is 13.1 Å². The summed E-state index contributed by atoms with van der Waals surface area (Å²) in [4.78, 5) is 2.53. The molecule has 0 amide bonds. The number of rotatable bonds is 4. The first kappa shape index (κ1) is 11.4. The van der Waals surface area contributed by atoms with Gasteiger partial charge in [0.2, 0.25) is 0 Å². The van der Waals surface area contributed by atoms with Gasteiger partial charge in [-0.3, -0.25) is 4.90 Å². The number of benzene rings is 1. The molecule has 86 valence electrons. The second kappa shape index (κ2) is 5.83. The summed E-state index contributed by atoms with van der Waals surface area (Å²) < 4.78 is 0. The van der Waals surface area contributed by atoms with Crippen molar-refractivity contribution < 1.29 is 0 Å². The van der Waals surface area contributed by atoms with Crippen LogP contribution in [0.1, 0.15) is 18.4 Å². The molecule has 1 fully saturated rings. The minimum Gasteiger partial charge on any atom is -0.327 e. The number of hydrogen-bond acceptors (Lipinski definition) is 2. The summed E-state index contributed by atoms with van der Waals surface area (Å²) in [6.45, 7) is 2.91. The predicted octanol–water partition coefficient (Wildman–Crippen LogP) is 2.17. The summed E-state index contributed by atoms with van der Waals surface area (Å²) in [7, 11) is 0. The minimum atomic E-state index is 0.587. The van der Waals surface area contributed by atoms with Gasteiger partial charge in [0, 0.05) is 19.1 Å². The Morgan fingerprint density at radius 2 is 2.12 bits per heavy atom. The molecule has 1 aliphatic heterocycles. The Kier molecular flexibility index (Phi) is 4.14. The molecule has 1 saturated heterocycles. The smallest absolute Gasteiger partial charge is 0.0282 e. The summed E-state index contributed by atoms with van der Waals surface area (Å²) in [5.41, 5.74) is 6.90. The highest BCUT2D eigenvalue weighted by atomic mass is 15.2. The number of nitrogens with two attached hydrogens (primary N) is 1. The topological polar surface area (TPSA) is 29.3 Å². The first-order valence-corrected chi connectivity index (χ1v) is 6.05. The zero-order valence-electron chi connectivity index (χ0n) is 9.68. The van der Waals surface area contributed by atoms with Crippen molar-refractivity contribution in [1.82, 2.24) is 4.90 Å². The van der Waals surface area contributed by atoms with Gasteiger partial charge in [-0.2, -0.15) is 0 Å². The van der Waals surface area contributed by atoms with Crippen molar-refractivity contribution >= 4 is 0 Å². The van der Waals surface area contributed by atoms with E-state index in [9.17, 15) is 0 Å². The second-order valence-corrected chi connectivity index (χ2v) is 4.33. The summed E-state index contributed by atoms with van der Waals surface area (Å²) in [6, 6.07) is 11.3. The Hall–Kier alpha value is -1.12. The van der Waals surface area contributed by atoms with Crippen molar-refractivity contribution in [2.45, 2.75) is 25.4 Å². The third-order valence-corrected chi connectivity index (χ3v) is 3.14. The highest BCUT2D eigenvalue weighted by Crippen LogP contribution is 2.20. The van der Waals surface area contributed by atoms with E-state index >= 15 is 0 Å². The summed E-state index contributed by atoms with van der Waals surface area (Å²) in [5, 5.41) is 0. The van der Waals surface area contributed by atoms with Gasteiger partial charge in [-0.1, -0.05) is 42.5 Å². The van der Waals surface area contributed by atoms with E-state index in [0.29, 0.717) is 12.6 Å². The lowest BCUT2D eigenvalue weighted by Crippen LogP contribution is -2.27. The van der Waals surface area contributed by atoms with E-state index in [2.05, 4.69) is 47.4 Å². The Morgan fingerprint density at radius 1 is 1.31 bits per heavy atom. The van der Waals surface area contributed by atoms with Gasteiger partial charge in [0.1, 0.15) is 0 Å². The molecule has 0 aliphatic carbocycles. The third kappa shape index (κ3) is 2.94. The van der Waals surface area contributed by atoms with Gasteiger partial charge in [-0.25, -0.2) is 0 Å². The standard InChI is InChI=1S/C14H20N2/c15-10-4-8-14-9-5-11-16(14)12-13-6-2-1-3-7-13/h1-4,6-8,14H,5,9-12,15H2/b8-4+. The molecule has 2 rings (SSSR count). The van der Waals surface area contributed by atoms with Crippen LogP contribution in [0, 0.1) is 0 Å². The fraction of sp³-hybridized carbons (Fsp3) is 0.429. The molecule has 0 aromatic heterocycles. The van der Waals surface area contributed by atoms with Crippen LogP contribution in [-0.4, -0.2) is 24.0 Å². The van der Waals surface area contributed by atoms with Gasteiger partial charge >= 0.3 is 0 Å². The van der Waals surface area contributed by atoms with Crippen LogP contribution >= 0.6 is 0 Å². The summed E-state index contributed by atoms with van der Waals surface area (Å²) >= 11 is 0. The lowest BCUT2D eigenvalue weighted by molar-refractivity contribution is 0.281. The van der Waals surface area contributed by atoms with E-state index in [4.69, 9.17) is 5.73 Å². The monoisotopic (exact) mass is 216 g/mol. The molecule has 1 unspecified atom stereocenters. The van der Waals surface area contributed by atoms with E-state index in [1.165, 1.54) is 24.9 Å². The van der Waals surface area contributed by atoms with Crippen molar-refractivity contribution in [2.24, 2.45) is 5.73 Å². The van der Waals surface area contributed by atoms with Gasteiger partial charge in [0.15, 0.2) is 0 Å². The first-order chi connectivity index (χ1) is 7.90. The molecule has 1 heterocycles. The van der Waals surface area contributed by atoms with Gasteiger partial charge in [0.25, 0.3) is 0 Å². The third-order valence-electron chi connectivity index (χ3n) is 3.14. The van der Waals surface area contributed by atoms with Crippen LogP contribution in [0.4, 0.5) is 0 Å². The molecule has 1 aromatic rings. The molecule has 1 aliphatic rings. The molecule has 1 atom stereocenters. The van der Waals surface area contributed by atoms with E-state index in [1.54, 1.807) is 0 Å². The fourth-order valence-corrected chi connectivity index (χ4v) is 2.32. The van der Waals surface area contributed by atoms with Gasteiger partial charge in [-0.05, 0) is 24.9 Å². The van der Waals surface area contributed by atoms with Gasteiger partial charge in [0.05, 0.1) is 0 Å². The zero-order chi connectivity index (χ0) is 11.2. The largest absolute Gasteiger partial charge is 0.327 e. The maximum atomic E-state index is 5.50. The Balaban J connectivity index is 1.96. The Labute approximate surface area is 97.8 Å². The van der Waals surface area contributed by atoms with Gasteiger partial charge < -0.3 is 5.73 Å². The molecule has 16 heavy (non-hydrogen) atoms. The average molecular weight is 216 g/mol. The average Bonchev–Trinajstić information content (AvgIpc) is 2.75. The molecule has 2 heteroatoms. The molecule has 1 aromatic carbocycles. The highest BCUT2D eigenvalue weighted by Gasteiger charge is 2.21. The SMILES string of the molecule is NC/C=C/C1CCCN1Cc1ccccc1. The van der Waals surface area contributed by atoms with E-state index < -0.39 is 0 Å². The molecule has 0 bridgehead atoms. The van der Waals surface area contributed by atoms with Gasteiger partial charge in [-0.15, -0.1) is 0 Å². The van der Waals surface area contributed by atoms with Crippen molar-refractivity contribution in [3.8, 4) is 0 Å². The minimum absolute atomic E-state index is 0.587. The number of nitrogens with zero attached hydrogens (tertiary/aromatic N) is 1. The van der Waals surface area contributed by atoms with Crippen molar-refractivity contribution in [3.05, 3.63) is 48.0 Å². The Morgan fingerprint density at radius 3 is 2.88 bits per heavy atom. The van der Waals surface area contributed by atoms with Crippen LogP contribution < -0.4 is 5.73 Å². The molecule has 2 nitrogen and oxygen atoms in total. The Bertz CT molecular complexity index is 332. The molecule has 0 radical (unpaired) electrons. The number of hydrogen-bond donors (Lipinski definition) is 1. The molecular weight excluding hydrogens is 196 g/mol. The molecule has 0 spiro atoms. The van der Waals surface area contributed by atoms with Crippen LogP contribution in [-0.2, 0) is 6.54 Å². The number of likely N-dealkylation sites (tertiary alicyclic amines) is 1. The lowest BCUT2D eigenvalue weighted by Gasteiger charge is -2.21.